The SMILES string of the molecule is COc1ccc2[nH]c(C(=O)N3CCC(c4onc5c4C[C@H](C)CC5)CC3)cc2c1OC. The molecule has 7 nitrogen and oxygen atoms in total. The number of fused-ring (bicyclic) bond motifs is 2. The topological polar surface area (TPSA) is 80.6 Å². The number of nitrogens with one attached hydrogen (secondary N) is 1. The van der Waals surface area contributed by atoms with E-state index >= 15 is 0 Å². The quantitative estimate of drug-likeness (QED) is 0.676. The molecule has 1 amide bonds. The normalized spacial score (nSPS) is 19.5. The van der Waals surface area contributed by atoms with Crippen LogP contribution >= 0.6 is 0 Å². The van der Waals surface area contributed by atoms with E-state index in [1.165, 1.54) is 12.0 Å². The molecule has 1 N–H and O–H groups in total. The van der Waals surface area contributed by atoms with Gasteiger partial charge in [-0.3, -0.25) is 4.79 Å². The van der Waals surface area contributed by atoms with Crippen LogP contribution in [0.25, 0.3) is 10.9 Å². The molecule has 1 fully saturated rings. The molecule has 2 aromatic heterocycles. The molecule has 1 aliphatic carbocycles. The first-order valence-corrected chi connectivity index (χ1v) is 11.1. The maximum atomic E-state index is 13.2. The second-order valence-corrected chi connectivity index (χ2v) is 8.83. The summed E-state index contributed by atoms with van der Waals surface area (Å²) in [7, 11) is 3.22. The first-order valence-electron chi connectivity index (χ1n) is 11.1. The summed E-state index contributed by atoms with van der Waals surface area (Å²) in [6.07, 6.45) is 5.07. The number of hydrogen-bond acceptors (Lipinski definition) is 5. The number of likely N-dealkylation sites (tertiary alicyclic amines) is 1. The van der Waals surface area contributed by atoms with Gasteiger partial charge in [0.2, 0.25) is 0 Å². The van der Waals surface area contributed by atoms with Gasteiger partial charge in [0.15, 0.2) is 11.5 Å². The summed E-state index contributed by atoms with van der Waals surface area (Å²) in [6.45, 7) is 3.72. The average molecular weight is 424 g/mol. The first kappa shape index (κ1) is 20.0. The number of carbonyl (C=O) groups excluding carboxylic acids is 1. The number of aryl methyl sites for hydroxylation is 1. The van der Waals surface area contributed by atoms with Crippen LogP contribution in [0.1, 0.15) is 59.6 Å². The van der Waals surface area contributed by atoms with Gasteiger partial charge in [-0.1, -0.05) is 12.1 Å². The Labute approximate surface area is 181 Å². The van der Waals surface area contributed by atoms with Crippen molar-refractivity contribution < 1.29 is 18.8 Å². The number of methoxy groups -OCH3 is 2. The van der Waals surface area contributed by atoms with Crippen molar-refractivity contribution in [3.05, 3.63) is 40.9 Å². The lowest BCUT2D eigenvalue weighted by atomic mass is 9.83. The number of rotatable bonds is 4. The van der Waals surface area contributed by atoms with Crippen LogP contribution in [0.2, 0.25) is 0 Å². The van der Waals surface area contributed by atoms with Crippen molar-refractivity contribution in [2.45, 2.75) is 44.9 Å². The number of carbonyl (C=O) groups is 1. The van der Waals surface area contributed by atoms with Gasteiger partial charge >= 0.3 is 0 Å². The molecule has 0 bridgehead atoms. The number of aromatic amines is 1. The smallest absolute Gasteiger partial charge is 0.270 e. The highest BCUT2D eigenvalue weighted by molar-refractivity contribution is 6.00. The Hall–Kier alpha value is -2.96. The summed E-state index contributed by atoms with van der Waals surface area (Å²) in [6, 6.07) is 5.61. The largest absolute Gasteiger partial charge is 0.493 e. The molecule has 3 aromatic rings. The number of benzene rings is 1. The molecule has 0 spiro atoms. The predicted octanol–water partition coefficient (Wildman–Crippen LogP) is 4.32. The van der Waals surface area contributed by atoms with Gasteiger partial charge in [0.05, 0.1) is 25.4 Å². The van der Waals surface area contributed by atoms with Crippen LogP contribution < -0.4 is 9.47 Å². The third-order valence-electron chi connectivity index (χ3n) is 6.85. The summed E-state index contributed by atoms with van der Waals surface area (Å²) in [5.74, 6) is 3.40. The van der Waals surface area contributed by atoms with Crippen molar-refractivity contribution in [2.75, 3.05) is 27.3 Å². The van der Waals surface area contributed by atoms with Crippen molar-refractivity contribution in [3.8, 4) is 11.5 Å². The lowest BCUT2D eigenvalue weighted by molar-refractivity contribution is 0.0701. The molecular weight excluding hydrogens is 394 g/mol. The lowest BCUT2D eigenvalue weighted by Crippen LogP contribution is -2.38. The van der Waals surface area contributed by atoms with E-state index in [4.69, 9.17) is 14.0 Å². The maximum absolute atomic E-state index is 13.2. The number of nitrogens with zero attached hydrogens (tertiary/aromatic N) is 2. The molecule has 31 heavy (non-hydrogen) atoms. The number of aromatic nitrogens is 2. The zero-order chi connectivity index (χ0) is 21.5. The molecule has 0 saturated carbocycles. The van der Waals surface area contributed by atoms with Gasteiger partial charge in [-0.2, -0.15) is 0 Å². The van der Waals surface area contributed by atoms with E-state index in [1.807, 2.05) is 23.1 Å². The molecule has 1 saturated heterocycles. The number of piperidine rings is 1. The molecule has 164 valence electrons. The zero-order valence-electron chi connectivity index (χ0n) is 18.4. The van der Waals surface area contributed by atoms with E-state index in [2.05, 4.69) is 17.1 Å². The van der Waals surface area contributed by atoms with Crippen LogP contribution in [0.3, 0.4) is 0 Å². The molecule has 3 heterocycles. The van der Waals surface area contributed by atoms with Crippen LogP contribution in [-0.4, -0.2) is 48.3 Å². The third kappa shape index (κ3) is 3.46. The van der Waals surface area contributed by atoms with Gasteiger partial charge in [-0.15, -0.1) is 0 Å². The zero-order valence-corrected chi connectivity index (χ0v) is 18.4. The van der Waals surface area contributed by atoms with Gasteiger partial charge in [0.25, 0.3) is 5.91 Å². The second kappa shape index (κ2) is 7.94. The summed E-state index contributed by atoms with van der Waals surface area (Å²) >= 11 is 0. The highest BCUT2D eigenvalue weighted by atomic mass is 16.5. The van der Waals surface area contributed by atoms with Gasteiger partial charge in [-0.05, 0) is 56.2 Å². The standard InChI is InChI=1S/C24H29N3O4/c1-14-4-5-19-16(12-14)22(31-26-19)15-8-10-27(11-9-15)24(28)20-13-17-18(25-20)6-7-21(29-2)23(17)30-3/h6-7,13-15,25H,4-5,8-12H2,1-3H3/t14-/m1/s1. The highest BCUT2D eigenvalue weighted by Gasteiger charge is 2.32. The van der Waals surface area contributed by atoms with Crippen LogP contribution in [0, 0.1) is 5.92 Å². The minimum Gasteiger partial charge on any atom is -0.493 e. The Morgan fingerprint density at radius 3 is 2.74 bits per heavy atom. The molecule has 2 aliphatic rings. The van der Waals surface area contributed by atoms with Crippen LogP contribution in [-0.2, 0) is 12.8 Å². The van der Waals surface area contributed by atoms with Gasteiger partial charge < -0.3 is 23.9 Å². The van der Waals surface area contributed by atoms with E-state index in [9.17, 15) is 4.79 Å². The highest BCUT2D eigenvalue weighted by Crippen LogP contribution is 2.38. The number of amides is 1. The van der Waals surface area contributed by atoms with Crippen LogP contribution in [0.15, 0.2) is 22.7 Å². The third-order valence-corrected chi connectivity index (χ3v) is 6.85. The minimum atomic E-state index is 0.0175. The average Bonchev–Trinajstić information content (AvgIpc) is 3.42. The predicted molar refractivity (Wildman–Crippen MR) is 117 cm³/mol. The molecule has 5 rings (SSSR count). The Morgan fingerprint density at radius 1 is 1.19 bits per heavy atom. The summed E-state index contributed by atoms with van der Waals surface area (Å²) in [5.41, 5.74) is 3.92. The Morgan fingerprint density at radius 2 is 2.00 bits per heavy atom. The summed E-state index contributed by atoms with van der Waals surface area (Å²) in [4.78, 5) is 18.4. The maximum Gasteiger partial charge on any atom is 0.270 e. The van der Waals surface area contributed by atoms with E-state index in [1.54, 1.807) is 14.2 Å². The van der Waals surface area contributed by atoms with Gasteiger partial charge in [0, 0.05) is 30.0 Å². The summed E-state index contributed by atoms with van der Waals surface area (Å²) < 4.78 is 16.7. The number of hydrogen-bond donors (Lipinski definition) is 1. The fraction of sp³-hybridized carbons (Fsp3) is 0.500. The van der Waals surface area contributed by atoms with Crippen molar-refractivity contribution >= 4 is 16.8 Å². The van der Waals surface area contributed by atoms with Crippen LogP contribution in [0.4, 0.5) is 0 Å². The van der Waals surface area contributed by atoms with Crippen molar-refractivity contribution in [1.29, 1.82) is 0 Å². The molecule has 0 unspecified atom stereocenters. The monoisotopic (exact) mass is 423 g/mol. The van der Waals surface area contributed by atoms with Crippen LogP contribution in [0.5, 0.6) is 11.5 Å². The lowest BCUT2D eigenvalue weighted by Gasteiger charge is -2.31. The summed E-state index contributed by atoms with van der Waals surface area (Å²) in [5, 5.41) is 5.19. The van der Waals surface area contributed by atoms with Gasteiger partial charge in [0.1, 0.15) is 11.5 Å². The Bertz CT molecular complexity index is 1110. The first-order chi connectivity index (χ1) is 15.1. The van der Waals surface area contributed by atoms with E-state index in [-0.39, 0.29) is 5.91 Å². The van der Waals surface area contributed by atoms with Gasteiger partial charge in [-0.25, -0.2) is 0 Å². The minimum absolute atomic E-state index is 0.0175. The number of H-pyrrole nitrogens is 1. The Balaban J connectivity index is 1.31. The van der Waals surface area contributed by atoms with E-state index < -0.39 is 0 Å². The number of ether oxygens (including phenoxy) is 2. The molecule has 0 radical (unpaired) electrons. The fourth-order valence-electron chi connectivity index (χ4n) is 5.09. The van der Waals surface area contributed by atoms with E-state index in [0.29, 0.717) is 42.1 Å². The second-order valence-electron chi connectivity index (χ2n) is 8.83. The van der Waals surface area contributed by atoms with E-state index in [0.717, 1.165) is 48.0 Å². The fourth-order valence-corrected chi connectivity index (χ4v) is 5.09. The molecule has 1 aromatic carbocycles. The molecular formula is C24H29N3O4. The van der Waals surface area contributed by atoms with Crippen molar-refractivity contribution in [2.24, 2.45) is 5.92 Å². The molecule has 1 aliphatic heterocycles. The van der Waals surface area contributed by atoms with Crippen molar-refractivity contribution in [3.63, 3.8) is 0 Å². The van der Waals surface area contributed by atoms with Crippen molar-refractivity contribution in [1.82, 2.24) is 15.0 Å². The molecule has 7 heteroatoms. The molecule has 1 atom stereocenters. The Kier molecular flexibility index (Phi) is 5.12.